The lowest BCUT2D eigenvalue weighted by Crippen LogP contribution is -2.54. The Bertz CT molecular complexity index is 453. The summed E-state index contributed by atoms with van der Waals surface area (Å²) in [6.45, 7) is 3.15. The monoisotopic (exact) mass is 313 g/mol. The summed E-state index contributed by atoms with van der Waals surface area (Å²) < 4.78 is 0. The van der Waals surface area contributed by atoms with Gasteiger partial charge in [0.15, 0.2) is 5.12 Å². The zero-order chi connectivity index (χ0) is 15.6. The largest absolute Gasteiger partial charge is 0.480 e. The highest BCUT2D eigenvalue weighted by Gasteiger charge is 2.55. The van der Waals surface area contributed by atoms with Crippen LogP contribution in [0, 0.1) is 5.92 Å². The second kappa shape index (κ2) is 6.38. The van der Waals surface area contributed by atoms with Crippen molar-refractivity contribution in [1.29, 1.82) is 0 Å². The van der Waals surface area contributed by atoms with Crippen LogP contribution in [0.15, 0.2) is 0 Å². The summed E-state index contributed by atoms with van der Waals surface area (Å²) in [6.07, 6.45) is 4.88. The summed E-state index contributed by atoms with van der Waals surface area (Å²) in [5.41, 5.74) is -1.09. The van der Waals surface area contributed by atoms with Gasteiger partial charge in [0.1, 0.15) is 5.54 Å². The number of likely N-dealkylation sites (tertiary alicyclic amines) is 1. The number of carbonyl (C=O) groups is 3. The average molecular weight is 313 g/mol. The molecule has 1 amide bonds. The fourth-order valence-corrected chi connectivity index (χ4v) is 4.36. The predicted molar refractivity (Wildman–Crippen MR) is 81.0 cm³/mol. The van der Waals surface area contributed by atoms with Crippen LogP contribution in [-0.2, 0) is 14.4 Å². The van der Waals surface area contributed by atoms with Gasteiger partial charge in [-0.05, 0) is 32.1 Å². The predicted octanol–water partition coefficient (Wildman–Crippen LogP) is 2.29. The van der Waals surface area contributed by atoms with E-state index in [0.717, 1.165) is 37.4 Å². The van der Waals surface area contributed by atoms with Crippen LogP contribution in [0.25, 0.3) is 0 Å². The maximum Gasteiger partial charge on any atom is 0.329 e. The van der Waals surface area contributed by atoms with Crippen molar-refractivity contribution in [1.82, 2.24) is 4.90 Å². The first-order valence-electron chi connectivity index (χ1n) is 7.55. The molecule has 1 aliphatic heterocycles. The number of carboxylic acid groups (broad SMARTS) is 1. The molecule has 0 bridgehead atoms. The SMILES string of the molecule is CC(=O)SCCC(=O)N1C2CCCCC2CC1(C)C(=O)O. The van der Waals surface area contributed by atoms with Gasteiger partial charge in [0.05, 0.1) is 0 Å². The molecule has 21 heavy (non-hydrogen) atoms. The van der Waals surface area contributed by atoms with Crippen molar-refractivity contribution in [2.45, 2.75) is 64.0 Å². The van der Waals surface area contributed by atoms with Gasteiger partial charge >= 0.3 is 5.97 Å². The Morgan fingerprint density at radius 1 is 1.29 bits per heavy atom. The zero-order valence-corrected chi connectivity index (χ0v) is 13.4. The molecule has 1 N–H and O–H groups in total. The van der Waals surface area contributed by atoms with Crippen molar-refractivity contribution < 1.29 is 19.5 Å². The topological polar surface area (TPSA) is 74.7 Å². The van der Waals surface area contributed by atoms with E-state index in [-0.39, 0.29) is 23.5 Å². The molecule has 0 radical (unpaired) electrons. The third-order valence-electron chi connectivity index (χ3n) is 4.74. The van der Waals surface area contributed by atoms with E-state index < -0.39 is 11.5 Å². The summed E-state index contributed by atoms with van der Waals surface area (Å²) in [5, 5.41) is 9.59. The number of carbonyl (C=O) groups excluding carboxylic acids is 2. The van der Waals surface area contributed by atoms with E-state index in [1.807, 2.05) is 0 Å². The molecular formula is C15H23NO4S. The minimum Gasteiger partial charge on any atom is -0.480 e. The van der Waals surface area contributed by atoms with Crippen molar-refractivity contribution in [3.63, 3.8) is 0 Å². The molecule has 118 valence electrons. The van der Waals surface area contributed by atoms with E-state index in [1.165, 1.54) is 6.92 Å². The number of rotatable bonds is 4. The van der Waals surface area contributed by atoms with Gasteiger partial charge in [-0.25, -0.2) is 4.79 Å². The van der Waals surface area contributed by atoms with Crippen LogP contribution < -0.4 is 0 Å². The maximum atomic E-state index is 12.5. The number of nitrogens with zero attached hydrogens (tertiary/aromatic N) is 1. The summed E-state index contributed by atoms with van der Waals surface area (Å²) in [7, 11) is 0. The zero-order valence-electron chi connectivity index (χ0n) is 12.6. The summed E-state index contributed by atoms with van der Waals surface area (Å²) >= 11 is 1.12. The first-order chi connectivity index (χ1) is 9.86. The van der Waals surface area contributed by atoms with Gasteiger partial charge in [0.25, 0.3) is 0 Å². The van der Waals surface area contributed by atoms with Gasteiger partial charge in [-0.3, -0.25) is 9.59 Å². The Labute approximate surface area is 129 Å². The summed E-state index contributed by atoms with van der Waals surface area (Å²) in [4.78, 5) is 36.8. The van der Waals surface area contributed by atoms with Gasteiger partial charge in [-0.2, -0.15) is 0 Å². The molecule has 3 atom stereocenters. The molecule has 1 aliphatic carbocycles. The maximum absolute atomic E-state index is 12.5. The van der Waals surface area contributed by atoms with Gasteiger partial charge in [0.2, 0.25) is 5.91 Å². The number of fused-ring (bicyclic) bond motifs is 1. The van der Waals surface area contributed by atoms with Gasteiger partial charge in [-0.1, -0.05) is 24.6 Å². The lowest BCUT2D eigenvalue weighted by Gasteiger charge is -2.37. The van der Waals surface area contributed by atoms with E-state index in [1.54, 1.807) is 11.8 Å². The standard InChI is InChI=1S/C15H23NO4S/c1-10(17)21-8-7-13(18)16-12-6-4-3-5-11(12)9-15(16,2)14(19)20/h11-12H,3-9H2,1-2H3,(H,19,20). The summed E-state index contributed by atoms with van der Waals surface area (Å²) in [6, 6.07) is 0.0645. The highest BCUT2D eigenvalue weighted by atomic mass is 32.2. The minimum atomic E-state index is -1.09. The van der Waals surface area contributed by atoms with Gasteiger partial charge < -0.3 is 10.0 Å². The van der Waals surface area contributed by atoms with Crippen LogP contribution in [0.5, 0.6) is 0 Å². The smallest absolute Gasteiger partial charge is 0.329 e. The molecule has 0 aromatic heterocycles. The first-order valence-corrected chi connectivity index (χ1v) is 8.53. The Kier molecular flexibility index (Phi) is 4.96. The van der Waals surface area contributed by atoms with Crippen molar-refractivity contribution in [3.8, 4) is 0 Å². The lowest BCUT2D eigenvalue weighted by molar-refractivity contribution is -0.157. The van der Waals surface area contributed by atoms with Crippen molar-refractivity contribution in [2.24, 2.45) is 5.92 Å². The molecule has 1 heterocycles. The molecule has 1 saturated carbocycles. The van der Waals surface area contributed by atoms with Crippen molar-refractivity contribution in [2.75, 3.05) is 5.75 Å². The van der Waals surface area contributed by atoms with Crippen molar-refractivity contribution in [3.05, 3.63) is 0 Å². The number of hydrogen-bond donors (Lipinski definition) is 1. The second-order valence-electron chi connectivity index (χ2n) is 6.25. The molecule has 1 saturated heterocycles. The van der Waals surface area contributed by atoms with E-state index in [2.05, 4.69) is 0 Å². The molecule has 2 fully saturated rings. The molecule has 2 rings (SSSR count). The molecule has 6 heteroatoms. The van der Waals surface area contributed by atoms with E-state index in [4.69, 9.17) is 0 Å². The molecule has 0 spiro atoms. The van der Waals surface area contributed by atoms with Crippen molar-refractivity contribution >= 4 is 28.8 Å². The number of thioether (sulfide) groups is 1. The fourth-order valence-electron chi connectivity index (χ4n) is 3.79. The van der Waals surface area contributed by atoms with Crippen LogP contribution >= 0.6 is 11.8 Å². The Balaban J connectivity index is 2.13. The molecular weight excluding hydrogens is 290 g/mol. The molecule has 3 unspecified atom stereocenters. The van der Waals surface area contributed by atoms with E-state index in [9.17, 15) is 19.5 Å². The van der Waals surface area contributed by atoms with Crippen LogP contribution in [0.2, 0.25) is 0 Å². The van der Waals surface area contributed by atoms with Crippen LogP contribution in [0.1, 0.15) is 52.4 Å². The average Bonchev–Trinajstić information content (AvgIpc) is 2.71. The minimum absolute atomic E-state index is 0.0132. The fraction of sp³-hybridized carbons (Fsp3) is 0.800. The molecule has 2 aliphatic rings. The van der Waals surface area contributed by atoms with Crippen LogP contribution in [-0.4, -0.2) is 44.3 Å². The number of amides is 1. The Hall–Kier alpha value is -1.04. The van der Waals surface area contributed by atoms with Crippen LogP contribution in [0.4, 0.5) is 0 Å². The third kappa shape index (κ3) is 3.25. The normalized spacial score (nSPS) is 31.8. The van der Waals surface area contributed by atoms with E-state index in [0.29, 0.717) is 18.1 Å². The molecule has 5 nitrogen and oxygen atoms in total. The van der Waals surface area contributed by atoms with Gasteiger partial charge in [-0.15, -0.1) is 0 Å². The van der Waals surface area contributed by atoms with E-state index >= 15 is 0 Å². The number of aliphatic carboxylic acids is 1. The molecule has 0 aromatic carbocycles. The first kappa shape index (κ1) is 16.3. The summed E-state index contributed by atoms with van der Waals surface area (Å²) in [5.74, 6) is -0.297. The quantitative estimate of drug-likeness (QED) is 0.862. The number of hydrogen-bond acceptors (Lipinski definition) is 4. The lowest BCUT2D eigenvalue weighted by atomic mass is 9.83. The molecule has 0 aromatic rings. The number of carboxylic acids is 1. The van der Waals surface area contributed by atoms with Gasteiger partial charge in [0, 0.05) is 25.1 Å². The highest BCUT2D eigenvalue weighted by molar-refractivity contribution is 8.13. The Morgan fingerprint density at radius 3 is 2.57 bits per heavy atom. The third-order valence-corrected chi connectivity index (χ3v) is 5.56. The Morgan fingerprint density at radius 2 is 1.95 bits per heavy atom. The van der Waals surface area contributed by atoms with Crippen LogP contribution in [0.3, 0.4) is 0 Å². The second-order valence-corrected chi connectivity index (χ2v) is 7.52. The highest BCUT2D eigenvalue weighted by Crippen LogP contribution is 2.45.